The summed E-state index contributed by atoms with van der Waals surface area (Å²) >= 11 is 4.77. The van der Waals surface area contributed by atoms with Crippen molar-refractivity contribution in [2.75, 3.05) is 0 Å². The van der Waals surface area contributed by atoms with E-state index >= 15 is 0 Å². The molecule has 5 heterocycles. The minimum Gasteiger partial charge on any atom is -0.309 e. The Morgan fingerprint density at radius 2 is 2.18 bits per heavy atom. The van der Waals surface area contributed by atoms with Crippen molar-refractivity contribution in [3.05, 3.63) is 44.9 Å². The van der Waals surface area contributed by atoms with Crippen LogP contribution in [0.25, 0.3) is 20.7 Å². The number of aromatic nitrogens is 5. The van der Waals surface area contributed by atoms with E-state index in [1.807, 2.05) is 22.9 Å². The number of thioether (sulfide) groups is 1. The first-order valence-corrected chi connectivity index (χ1v) is 12.0. The van der Waals surface area contributed by atoms with Gasteiger partial charge in [-0.25, -0.2) is 4.98 Å². The second kappa shape index (κ2) is 7.46. The molecule has 1 aliphatic rings. The minimum atomic E-state index is -0.0721. The number of aromatic amines is 1. The molecule has 6 nitrogen and oxygen atoms in total. The third kappa shape index (κ3) is 3.21. The van der Waals surface area contributed by atoms with Gasteiger partial charge in [0.2, 0.25) is 0 Å². The van der Waals surface area contributed by atoms with Crippen molar-refractivity contribution in [3.8, 4) is 10.4 Å². The Morgan fingerprint density at radius 1 is 1.25 bits per heavy atom. The topological polar surface area (TPSA) is 76.5 Å². The van der Waals surface area contributed by atoms with Gasteiger partial charge < -0.3 is 9.55 Å². The van der Waals surface area contributed by atoms with Crippen LogP contribution in [0.15, 0.2) is 32.8 Å². The van der Waals surface area contributed by atoms with Gasteiger partial charge in [-0.15, -0.1) is 32.9 Å². The molecule has 0 radical (unpaired) electrons. The molecule has 28 heavy (non-hydrogen) atoms. The quantitative estimate of drug-likeness (QED) is 0.468. The van der Waals surface area contributed by atoms with E-state index in [2.05, 4.69) is 26.7 Å². The molecule has 9 heteroatoms. The lowest BCUT2D eigenvalue weighted by Gasteiger charge is -2.11. The molecule has 5 rings (SSSR count). The molecule has 1 atom stereocenters. The average molecular weight is 430 g/mol. The van der Waals surface area contributed by atoms with Crippen LogP contribution in [0.3, 0.4) is 0 Å². The molecule has 0 unspecified atom stereocenters. The molecule has 4 aromatic rings. The Kier molecular flexibility index (Phi) is 4.82. The standard InChI is InChI=1S/C19H19N5OS3/c1-11(28-19-23-22-14-7-3-2-4-8-24(14)19)16-20-17(25)15-12(10-27-18(15)21-16)13-6-5-9-26-13/h5-6,9-11H,2-4,7-8H2,1H3,(H,20,21,25)/t11-/m1/s1. The van der Waals surface area contributed by atoms with Crippen LogP contribution in [-0.2, 0) is 13.0 Å². The van der Waals surface area contributed by atoms with Crippen LogP contribution < -0.4 is 5.56 Å². The zero-order valence-electron chi connectivity index (χ0n) is 15.3. The molecule has 0 spiro atoms. The van der Waals surface area contributed by atoms with Gasteiger partial charge in [0.05, 0.1) is 10.6 Å². The summed E-state index contributed by atoms with van der Waals surface area (Å²) in [6.07, 6.45) is 4.56. The Morgan fingerprint density at radius 3 is 3.04 bits per heavy atom. The van der Waals surface area contributed by atoms with E-state index in [-0.39, 0.29) is 10.8 Å². The number of nitrogens with zero attached hydrogens (tertiary/aromatic N) is 4. The van der Waals surface area contributed by atoms with Gasteiger partial charge in [0.25, 0.3) is 5.56 Å². The fourth-order valence-corrected chi connectivity index (χ4v) is 6.25. The summed E-state index contributed by atoms with van der Waals surface area (Å²) in [5.74, 6) is 1.76. The zero-order chi connectivity index (χ0) is 19.1. The summed E-state index contributed by atoms with van der Waals surface area (Å²) in [6.45, 7) is 3.02. The molecule has 0 aromatic carbocycles. The number of thiophene rings is 2. The van der Waals surface area contributed by atoms with Gasteiger partial charge in [-0.3, -0.25) is 4.79 Å². The van der Waals surface area contributed by atoms with Crippen LogP contribution in [-0.4, -0.2) is 24.7 Å². The SMILES string of the molecule is C[C@@H](Sc1nnc2n1CCCCC2)c1nc2scc(-c3cccs3)c2c(=O)[nH]1. The van der Waals surface area contributed by atoms with Gasteiger partial charge in [0.15, 0.2) is 5.16 Å². The lowest BCUT2D eigenvalue weighted by atomic mass is 10.2. The van der Waals surface area contributed by atoms with Crippen LogP contribution in [0.2, 0.25) is 0 Å². The van der Waals surface area contributed by atoms with Crippen molar-refractivity contribution in [1.29, 1.82) is 0 Å². The van der Waals surface area contributed by atoms with Crippen LogP contribution >= 0.6 is 34.4 Å². The molecule has 0 saturated heterocycles. The van der Waals surface area contributed by atoms with Crippen molar-refractivity contribution in [3.63, 3.8) is 0 Å². The van der Waals surface area contributed by atoms with Gasteiger partial charge in [-0.1, -0.05) is 24.2 Å². The number of rotatable bonds is 4. The molecule has 144 valence electrons. The Balaban J connectivity index is 1.47. The van der Waals surface area contributed by atoms with Crippen molar-refractivity contribution in [1.82, 2.24) is 24.7 Å². The number of H-pyrrole nitrogens is 1. The maximum atomic E-state index is 12.8. The maximum absolute atomic E-state index is 12.8. The van der Waals surface area contributed by atoms with Crippen LogP contribution in [0.5, 0.6) is 0 Å². The number of hydrogen-bond acceptors (Lipinski definition) is 7. The Labute approximate surface area is 174 Å². The Bertz CT molecular complexity index is 1170. The van der Waals surface area contributed by atoms with E-state index in [4.69, 9.17) is 4.98 Å². The van der Waals surface area contributed by atoms with Crippen molar-refractivity contribution < 1.29 is 0 Å². The van der Waals surface area contributed by atoms with Gasteiger partial charge in [-0.2, -0.15) is 0 Å². The van der Waals surface area contributed by atoms with Crippen molar-refractivity contribution >= 4 is 44.7 Å². The molecule has 0 bridgehead atoms. The first kappa shape index (κ1) is 18.1. The third-order valence-corrected chi connectivity index (χ3v) is 7.86. The average Bonchev–Trinajstić information content (AvgIpc) is 3.39. The molecular formula is C19H19N5OS3. The molecule has 0 aliphatic carbocycles. The first-order chi connectivity index (χ1) is 13.7. The van der Waals surface area contributed by atoms with Crippen LogP contribution in [0.1, 0.15) is 43.1 Å². The second-order valence-electron chi connectivity index (χ2n) is 6.88. The highest BCUT2D eigenvalue weighted by Gasteiger charge is 2.21. The van der Waals surface area contributed by atoms with Gasteiger partial charge >= 0.3 is 0 Å². The first-order valence-electron chi connectivity index (χ1n) is 9.35. The van der Waals surface area contributed by atoms with Crippen molar-refractivity contribution in [2.45, 2.75) is 49.6 Å². The summed E-state index contributed by atoms with van der Waals surface area (Å²) in [5, 5.41) is 14.4. The largest absolute Gasteiger partial charge is 0.309 e. The van der Waals surface area contributed by atoms with Gasteiger partial charge in [0.1, 0.15) is 16.5 Å². The molecule has 0 saturated carbocycles. The van der Waals surface area contributed by atoms with E-state index in [0.29, 0.717) is 11.2 Å². The van der Waals surface area contributed by atoms with Gasteiger partial charge in [-0.05, 0) is 31.2 Å². The molecular weight excluding hydrogens is 410 g/mol. The fraction of sp³-hybridized carbons (Fsp3) is 0.368. The second-order valence-corrected chi connectivity index (χ2v) is 9.99. The van der Waals surface area contributed by atoms with E-state index in [1.54, 1.807) is 23.1 Å². The highest BCUT2D eigenvalue weighted by Crippen LogP contribution is 2.36. The maximum Gasteiger partial charge on any atom is 0.260 e. The molecule has 0 fully saturated rings. The summed E-state index contributed by atoms with van der Waals surface area (Å²) in [4.78, 5) is 22.5. The van der Waals surface area contributed by atoms with E-state index in [0.717, 1.165) is 45.6 Å². The van der Waals surface area contributed by atoms with E-state index in [9.17, 15) is 4.79 Å². The number of aryl methyl sites for hydroxylation is 1. The highest BCUT2D eigenvalue weighted by molar-refractivity contribution is 7.99. The monoisotopic (exact) mass is 429 g/mol. The minimum absolute atomic E-state index is 0.0130. The van der Waals surface area contributed by atoms with E-state index < -0.39 is 0 Å². The molecule has 0 amide bonds. The molecule has 1 aliphatic heterocycles. The number of nitrogens with one attached hydrogen (secondary N) is 1. The normalized spacial score (nSPS) is 15.5. The van der Waals surface area contributed by atoms with Crippen LogP contribution in [0, 0.1) is 0 Å². The summed E-state index contributed by atoms with van der Waals surface area (Å²) in [7, 11) is 0. The zero-order valence-corrected chi connectivity index (χ0v) is 17.8. The summed E-state index contributed by atoms with van der Waals surface area (Å²) < 4.78 is 2.23. The molecule has 1 N–H and O–H groups in total. The summed E-state index contributed by atoms with van der Waals surface area (Å²) in [5.41, 5.74) is 0.899. The van der Waals surface area contributed by atoms with E-state index in [1.165, 1.54) is 24.2 Å². The summed E-state index contributed by atoms with van der Waals surface area (Å²) in [6, 6.07) is 4.04. The number of fused-ring (bicyclic) bond motifs is 2. The molecule has 4 aromatic heterocycles. The highest BCUT2D eigenvalue weighted by atomic mass is 32.2. The van der Waals surface area contributed by atoms with Crippen molar-refractivity contribution in [2.24, 2.45) is 0 Å². The lowest BCUT2D eigenvalue weighted by molar-refractivity contribution is 0.590. The predicted molar refractivity (Wildman–Crippen MR) is 115 cm³/mol. The lowest BCUT2D eigenvalue weighted by Crippen LogP contribution is -2.12. The third-order valence-electron chi connectivity index (χ3n) is 4.99. The fourth-order valence-electron chi connectivity index (χ4n) is 3.53. The number of hydrogen-bond donors (Lipinski definition) is 1. The predicted octanol–water partition coefficient (Wildman–Crippen LogP) is 4.88. The van der Waals surface area contributed by atoms with Crippen LogP contribution in [0.4, 0.5) is 0 Å². The smallest absolute Gasteiger partial charge is 0.260 e. The van der Waals surface area contributed by atoms with Gasteiger partial charge in [0, 0.05) is 28.8 Å². The Hall–Kier alpha value is -1.97.